The quantitative estimate of drug-likeness (QED) is 0.292. The normalized spacial score (nSPS) is 16.3. The van der Waals surface area contributed by atoms with E-state index in [1.54, 1.807) is 11.3 Å². The standard InChI is InChI=1S/C22H10Br2S3.2ClH.Zr/c23-20-18-13(10-25-20)8-12-5-3-7-16(17(12)18)26-22-15-9-11-4-1-2-6-14(11)19(15)21(24)27-22;;;/h1-9,17H;2*1H;/q-2;;;+4/p-2. The van der Waals surface area contributed by atoms with E-state index >= 15 is 0 Å². The van der Waals surface area contributed by atoms with Gasteiger partial charge < -0.3 is 24.8 Å². The van der Waals surface area contributed by atoms with E-state index in [4.69, 9.17) is 0 Å². The summed E-state index contributed by atoms with van der Waals surface area (Å²) in [4.78, 5) is 1.39. The largest absolute Gasteiger partial charge is 4.00 e. The molecular weight excluding hydrogens is 682 g/mol. The fraction of sp³-hybridized carbons (Fsp3) is 0.0455. The van der Waals surface area contributed by atoms with Gasteiger partial charge in [-0.15, -0.1) is 78.0 Å². The Balaban J connectivity index is 0.000000853. The zero-order valence-corrected chi connectivity index (χ0v) is 24.6. The van der Waals surface area contributed by atoms with Gasteiger partial charge in [-0.05, 0) is 22.6 Å². The first-order valence-corrected chi connectivity index (χ1v) is 12.5. The van der Waals surface area contributed by atoms with Crippen molar-refractivity contribution in [1.82, 2.24) is 0 Å². The van der Waals surface area contributed by atoms with Crippen molar-refractivity contribution in [3.05, 3.63) is 83.1 Å². The second kappa shape index (κ2) is 9.77. The Morgan fingerprint density at radius 3 is 2.73 bits per heavy atom. The molecule has 1 atom stereocenters. The molecule has 1 unspecified atom stereocenters. The van der Waals surface area contributed by atoms with Crippen molar-refractivity contribution >= 4 is 83.1 Å². The van der Waals surface area contributed by atoms with Crippen LogP contribution in [0.1, 0.15) is 17.0 Å². The molecule has 4 aliphatic rings. The zero-order chi connectivity index (χ0) is 18.1. The maximum atomic E-state index is 3.82. The summed E-state index contributed by atoms with van der Waals surface area (Å²) in [5, 5.41) is 6.07. The summed E-state index contributed by atoms with van der Waals surface area (Å²) >= 11 is 13.0. The second-order valence-corrected chi connectivity index (χ2v) is 12.4. The number of allylic oxidation sites excluding steroid dienone is 5. The first-order chi connectivity index (χ1) is 13.2. The number of rotatable bonds is 2. The maximum Gasteiger partial charge on any atom is 4.00 e. The van der Waals surface area contributed by atoms with E-state index < -0.39 is 0 Å². The van der Waals surface area contributed by atoms with Crippen LogP contribution in [0.25, 0.3) is 28.0 Å². The van der Waals surface area contributed by atoms with E-state index in [0.29, 0.717) is 5.92 Å². The molecule has 3 aliphatic carbocycles. The fourth-order valence-electron chi connectivity index (χ4n) is 3.97. The Kier molecular flexibility index (Phi) is 8.18. The maximum absolute atomic E-state index is 3.82. The van der Waals surface area contributed by atoms with Crippen molar-refractivity contribution in [1.29, 1.82) is 0 Å². The first kappa shape index (κ1) is 25.1. The summed E-state index contributed by atoms with van der Waals surface area (Å²) in [6, 6.07) is 11.0. The van der Waals surface area contributed by atoms with Crippen LogP contribution in [0.3, 0.4) is 0 Å². The third-order valence-corrected chi connectivity index (χ3v) is 9.95. The van der Waals surface area contributed by atoms with Crippen molar-refractivity contribution in [2.24, 2.45) is 0 Å². The average Bonchev–Trinajstić information content (AvgIpc) is 3.38. The fourth-order valence-corrected chi connectivity index (χ4v) is 9.06. The Morgan fingerprint density at radius 2 is 1.90 bits per heavy atom. The van der Waals surface area contributed by atoms with Crippen LogP contribution < -0.4 is 24.8 Å². The molecule has 30 heavy (non-hydrogen) atoms. The van der Waals surface area contributed by atoms with Crippen molar-refractivity contribution in [2.45, 2.75) is 10.1 Å². The SMILES string of the molecule is Brc1s[c-]c2c1C1C(=C2)C=CC=C1S[c-]1sc(Br)c2c3ccccc3cc1-2.[Cl-].[Cl-].[Zr+4]. The molecule has 0 bridgehead atoms. The number of hydrogen-bond donors (Lipinski definition) is 0. The molecule has 1 aromatic heterocycles. The van der Waals surface area contributed by atoms with E-state index in [1.807, 2.05) is 23.1 Å². The molecule has 0 spiro atoms. The third kappa shape index (κ3) is 3.88. The topological polar surface area (TPSA) is 0 Å². The predicted molar refractivity (Wildman–Crippen MR) is 126 cm³/mol. The Labute approximate surface area is 235 Å². The van der Waals surface area contributed by atoms with Crippen molar-refractivity contribution in [3.8, 4) is 11.1 Å². The van der Waals surface area contributed by atoms with Gasteiger partial charge in [-0.3, -0.25) is 0 Å². The molecule has 2 aromatic rings. The van der Waals surface area contributed by atoms with Gasteiger partial charge in [0.1, 0.15) is 0 Å². The van der Waals surface area contributed by atoms with Crippen molar-refractivity contribution < 1.29 is 51.0 Å². The van der Waals surface area contributed by atoms with Crippen LogP contribution in [0.4, 0.5) is 0 Å². The number of thioether (sulfide) groups is 1. The minimum Gasteiger partial charge on any atom is -1.00 e. The molecule has 0 saturated carbocycles. The van der Waals surface area contributed by atoms with Crippen molar-refractivity contribution in [2.75, 3.05) is 0 Å². The summed E-state index contributed by atoms with van der Waals surface area (Å²) in [7, 11) is 0. The van der Waals surface area contributed by atoms with E-state index in [-0.39, 0.29) is 51.0 Å². The molecule has 8 heteroatoms. The molecule has 0 saturated heterocycles. The summed E-state index contributed by atoms with van der Waals surface area (Å²) in [6.45, 7) is 0. The van der Waals surface area contributed by atoms with Crippen LogP contribution in [0.5, 0.6) is 0 Å². The third-order valence-electron chi connectivity index (χ3n) is 5.13. The second-order valence-electron chi connectivity index (χ2n) is 6.60. The van der Waals surface area contributed by atoms with Crippen LogP contribution in [0, 0.1) is 5.38 Å². The van der Waals surface area contributed by atoms with Crippen LogP contribution >= 0.6 is 66.3 Å². The molecule has 0 nitrogen and oxygen atoms in total. The van der Waals surface area contributed by atoms with Gasteiger partial charge in [0.05, 0.1) is 0 Å². The molecule has 0 N–H and O–H groups in total. The van der Waals surface area contributed by atoms with E-state index in [0.717, 1.165) is 0 Å². The van der Waals surface area contributed by atoms with Gasteiger partial charge in [0.15, 0.2) is 0 Å². The minimum atomic E-state index is 0. The van der Waals surface area contributed by atoms with Crippen LogP contribution in [-0.2, 0) is 26.2 Å². The first-order valence-electron chi connectivity index (χ1n) is 8.44. The van der Waals surface area contributed by atoms with Crippen LogP contribution in [0.2, 0.25) is 0 Å². The number of thiophene rings is 2. The molecule has 1 aliphatic heterocycles. The van der Waals surface area contributed by atoms with Gasteiger partial charge in [-0.2, -0.15) is 0 Å². The summed E-state index contributed by atoms with van der Waals surface area (Å²) < 4.78 is 3.78. The number of fused-ring (bicyclic) bond motifs is 6. The molecule has 0 amide bonds. The molecule has 148 valence electrons. The van der Waals surface area contributed by atoms with Crippen molar-refractivity contribution in [3.63, 3.8) is 0 Å². The van der Waals surface area contributed by atoms with Crippen LogP contribution in [0.15, 0.2) is 70.8 Å². The van der Waals surface area contributed by atoms with Gasteiger partial charge in [-0.25, -0.2) is 22.7 Å². The summed E-state index contributed by atoms with van der Waals surface area (Å²) in [6.07, 6.45) is 8.96. The van der Waals surface area contributed by atoms with E-state index in [1.165, 1.54) is 55.3 Å². The number of hydrogen-bond acceptors (Lipinski definition) is 3. The summed E-state index contributed by atoms with van der Waals surface area (Å²) in [5.74, 6) is 0.326. The number of halogens is 4. The Morgan fingerprint density at radius 1 is 1.10 bits per heavy atom. The van der Waals surface area contributed by atoms with Gasteiger partial charge in [0, 0.05) is 0 Å². The summed E-state index contributed by atoms with van der Waals surface area (Å²) in [5.41, 5.74) is 6.68. The Bertz CT molecular complexity index is 1300. The Hall–Kier alpha value is 0.483. The molecule has 1 aromatic carbocycles. The van der Waals surface area contributed by atoms with Gasteiger partial charge in [0.2, 0.25) is 0 Å². The van der Waals surface area contributed by atoms with E-state index in [9.17, 15) is 0 Å². The van der Waals surface area contributed by atoms with Gasteiger partial charge in [-0.1, -0.05) is 64.2 Å². The molecular formula is C22H10Br2Cl2S3Zr. The van der Waals surface area contributed by atoms with Gasteiger partial charge in [0.25, 0.3) is 0 Å². The molecule has 2 heterocycles. The molecule has 0 radical (unpaired) electrons. The minimum absolute atomic E-state index is 0. The molecule has 6 rings (SSSR count). The predicted octanol–water partition coefficient (Wildman–Crippen LogP) is 2.84. The molecule has 0 fully saturated rings. The monoisotopic (exact) mass is 688 g/mol. The zero-order valence-electron chi connectivity index (χ0n) is 15.0. The number of benzene rings is 1. The smallest absolute Gasteiger partial charge is 1.00 e. The van der Waals surface area contributed by atoms with Gasteiger partial charge >= 0.3 is 26.2 Å². The van der Waals surface area contributed by atoms with E-state index in [2.05, 4.69) is 91.9 Å². The average molecular weight is 692 g/mol. The van der Waals surface area contributed by atoms with Crippen LogP contribution in [-0.4, -0.2) is 0 Å².